The second-order valence-corrected chi connectivity index (χ2v) is 5.21. The zero-order valence-electron chi connectivity index (χ0n) is 11.7. The van der Waals surface area contributed by atoms with Gasteiger partial charge in [0.15, 0.2) is 0 Å². The summed E-state index contributed by atoms with van der Waals surface area (Å²) in [5.41, 5.74) is 3.65. The monoisotopic (exact) mass is 254 g/mol. The van der Waals surface area contributed by atoms with E-state index in [2.05, 4.69) is 38.1 Å². The third-order valence-electron chi connectivity index (χ3n) is 3.67. The minimum atomic E-state index is -0.396. The number of aliphatic hydroxyl groups is 1. The Bertz CT molecular complexity index is 487. The first-order valence-corrected chi connectivity index (χ1v) is 7.01. The number of rotatable bonds is 5. The molecule has 0 aliphatic heterocycles. The van der Waals surface area contributed by atoms with Crippen molar-refractivity contribution in [3.05, 3.63) is 71.3 Å². The molecule has 1 N–H and O–H groups in total. The Labute approximate surface area is 115 Å². The summed E-state index contributed by atoms with van der Waals surface area (Å²) in [6.45, 7) is 4.27. The van der Waals surface area contributed by atoms with E-state index in [1.807, 2.05) is 30.3 Å². The quantitative estimate of drug-likeness (QED) is 0.849. The molecule has 0 fully saturated rings. The van der Waals surface area contributed by atoms with Crippen molar-refractivity contribution >= 4 is 0 Å². The highest BCUT2D eigenvalue weighted by atomic mass is 16.3. The second kappa shape index (κ2) is 6.53. The van der Waals surface area contributed by atoms with Crippen molar-refractivity contribution in [2.75, 3.05) is 0 Å². The van der Waals surface area contributed by atoms with E-state index < -0.39 is 6.10 Å². The van der Waals surface area contributed by atoms with Gasteiger partial charge < -0.3 is 5.11 Å². The van der Waals surface area contributed by atoms with Crippen molar-refractivity contribution in [1.82, 2.24) is 0 Å². The summed E-state index contributed by atoms with van der Waals surface area (Å²) in [5.74, 6) is 0.217. The van der Waals surface area contributed by atoms with Gasteiger partial charge >= 0.3 is 0 Å². The van der Waals surface area contributed by atoms with Crippen LogP contribution in [-0.4, -0.2) is 5.11 Å². The Hall–Kier alpha value is -1.60. The van der Waals surface area contributed by atoms with Gasteiger partial charge in [0.2, 0.25) is 0 Å². The minimum Gasteiger partial charge on any atom is -0.388 e. The Morgan fingerprint density at radius 2 is 1.47 bits per heavy atom. The number of benzene rings is 2. The zero-order valence-corrected chi connectivity index (χ0v) is 11.7. The van der Waals surface area contributed by atoms with E-state index in [0.29, 0.717) is 0 Å². The SMILES string of the molecule is CCc1ccc(CC(C)C(O)c2ccccc2)cc1. The lowest BCUT2D eigenvalue weighted by molar-refractivity contribution is 0.117. The highest BCUT2D eigenvalue weighted by Crippen LogP contribution is 2.24. The van der Waals surface area contributed by atoms with Crippen LogP contribution in [0.1, 0.15) is 36.6 Å². The smallest absolute Gasteiger partial charge is 0.0818 e. The average molecular weight is 254 g/mol. The molecular weight excluding hydrogens is 232 g/mol. The molecule has 0 bridgehead atoms. The summed E-state index contributed by atoms with van der Waals surface area (Å²) in [7, 11) is 0. The summed E-state index contributed by atoms with van der Waals surface area (Å²) in [6.07, 6.45) is 1.58. The summed E-state index contributed by atoms with van der Waals surface area (Å²) in [6, 6.07) is 18.6. The molecule has 2 atom stereocenters. The van der Waals surface area contributed by atoms with Gasteiger partial charge in [0.1, 0.15) is 0 Å². The molecule has 1 nitrogen and oxygen atoms in total. The minimum absolute atomic E-state index is 0.217. The van der Waals surface area contributed by atoms with Gasteiger partial charge in [-0.05, 0) is 35.4 Å². The van der Waals surface area contributed by atoms with Crippen LogP contribution in [-0.2, 0) is 12.8 Å². The Kier molecular flexibility index (Phi) is 4.75. The van der Waals surface area contributed by atoms with Crippen LogP contribution in [0.15, 0.2) is 54.6 Å². The molecule has 2 unspecified atom stereocenters. The van der Waals surface area contributed by atoms with E-state index in [1.165, 1.54) is 11.1 Å². The van der Waals surface area contributed by atoms with E-state index in [1.54, 1.807) is 0 Å². The van der Waals surface area contributed by atoms with Gasteiger partial charge in [-0.3, -0.25) is 0 Å². The van der Waals surface area contributed by atoms with Crippen molar-refractivity contribution < 1.29 is 5.11 Å². The molecule has 0 saturated carbocycles. The van der Waals surface area contributed by atoms with Crippen molar-refractivity contribution in [3.8, 4) is 0 Å². The third-order valence-corrected chi connectivity index (χ3v) is 3.67. The van der Waals surface area contributed by atoms with Crippen LogP contribution >= 0.6 is 0 Å². The highest BCUT2D eigenvalue weighted by Gasteiger charge is 2.16. The lowest BCUT2D eigenvalue weighted by Crippen LogP contribution is -2.11. The van der Waals surface area contributed by atoms with Crippen LogP contribution in [0.2, 0.25) is 0 Å². The van der Waals surface area contributed by atoms with Gasteiger partial charge in [-0.25, -0.2) is 0 Å². The van der Waals surface area contributed by atoms with Gasteiger partial charge in [0, 0.05) is 0 Å². The average Bonchev–Trinajstić information content (AvgIpc) is 2.48. The lowest BCUT2D eigenvalue weighted by Gasteiger charge is -2.19. The Morgan fingerprint density at radius 3 is 2.05 bits per heavy atom. The van der Waals surface area contributed by atoms with Crippen LogP contribution < -0.4 is 0 Å². The first-order chi connectivity index (χ1) is 9.20. The van der Waals surface area contributed by atoms with Crippen LogP contribution in [0.4, 0.5) is 0 Å². The fourth-order valence-corrected chi connectivity index (χ4v) is 2.37. The van der Waals surface area contributed by atoms with E-state index in [9.17, 15) is 5.11 Å². The van der Waals surface area contributed by atoms with Gasteiger partial charge in [0.05, 0.1) is 6.10 Å². The summed E-state index contributed by atoms with van der Waals surface area (Å²) in [4.78, 5) is 0. The van der Waals surface area contributed by atoms with Gasteiger partial charge in [-0.2, -0.15) is 0 Å². The first kappa shape index (κ1) is 13.8. The predicted octanol–water partition coefficient (Wildman–Crippen LogP) is 4.16. The molecule has 0 aromatic heterocycles. The molecule has 0 heterocycles. The van der Waals surface area contributed by atoms with Crippen LogP contribution in [0.5, 0.6) is 0 Å². The molecule has 1 heteroatoms. The second-order valence-electron chi connectivity index (χ2n) is 5.21. The molecule has 2 aromatic carbocycles. The number of aliphatic hydroxyl groups excluding tert-OH is 1. The molecule has 100 valence electrons. The summed E-state index contributed by atoms with van der Waals surface area (Å²) in [5, 5.41) is 10.4. The zero-order chi connectivity index (χ0) is 13.7. The summed E-state index contributed by atoms with van der Waals surface area (Å²) < 4.78 is 0. The van der Waals surface area contributed by atoms with Crippen LogP contribution in [0, 0.1) is 5.92 Å². The molecule has 0 amide bonds. The molecule has 2 aromatic rings. The Balaban J connectivity index is 2.01. The molecule has 2 rings (SSSR count). The highest BCUT2D eigenvalue weighted by molar-refractivity contribution is 5.24. The first-order valence-electron chi connectivity index (χ1n) is 7.01. The fraction of sp³-hybridized carbons (Fsp3) is 0.333. The maximum atomic E-state index is 10.4. The largest absolute Gasteiger partial charge is 0.388 e. The normalized spacial score (nSPS) is 14.1. The van der Waals surface area contributed by atoms with Crippen molar-refractivity contribution in [3.63, 3.8) is 0 Å². The van der Waals surface area contributed by atoms with Crippen molar-refractivity contribution in [2.24, 2.45) is 5.92 Å². The van der Waals surface area contributed by atoms with Crippen molar-refractivity contribution in [1.29, 1.82) is 0 Å². The maximum Gasteiger partial charge on any atom is 0.0818 e. The van der Waals surface area contributed by atoms with Crippen LogP contribution in [0.3, 0.4) is 0 Å². The number of aryl methyl sites for hydroxylation is 1. The van der Waals surface area contributed by atoms with E-state index in [0.717, 1.165) is 18.4 Å². The molecule has 19 heavy (non-hydrogen) atoms. The van der Waals surface area contributed by atoms with Gasteiger partial charge in [-0.15, -0.1) is 0 Å². The number of hydrogen-bond donors (Lipinski definition) is 1. The topological polar surface area (TPSA) is 20.2 Å². The third kappa shape index (κ3) is 3.68. The number of hydrogen-bond acceptors (Lipinski definition) is 1. The van der Waals surface area contributed by atoms with E-state index >= 15 is 0 Å². The van der Waals surface area contributed by atoms with Crippen molar-refractivity contribution in [2.45, 2.75) is 32.8 Å². The molecule has 0 spiro atoms. The standard InChI is InChI=1S/C18H22O/c1-3-15-9-11-16(12-10-15)13-14(2)18(19)17-7-5-4-6-8-17/h4-12,14,18-19H,3,13H2,1-2H3. The molecule has 0 saturated heterocycles. The fourth-order valence-electron chi connectivity index (χ4n) is 2.37. The molecule has 0 radical (unpaired) electrons. The summed E-state index contributed by atoms with van der Waals surface area (Å²) >= 11 is 0. The van der Waals surface area contributed by atoms with Gasteiger partial charge in [-0.1, -0.05) is 68.4 Å². The Morgan fingerprint density at radius 1 is 0.895 bits per heavy atom. The maximum absolute atomic E-state index is 10.4. The molecular formula is C18H22O. The predicted molar refractivity (Wildman–Crippen MR) is 80.1 cm³/mol. The van der Waals surface area contributed by atoms with E-state index in [-0.39, 0.29) is 5.92 Å². The van der Waals surface area contributed by atoms with E-state index in [4.69, 9.17) is 0 Å². The molecule has 0 aliphatic rings. The molecule has 0 aliphatic carbocycles. The van der Waals surface area contributed by atoms with Gasteiger partial charge in [0.25, 0.3) is 0 Å². The lowest BCUT2D eigenvalue weighted by atomic mass is 9.91. The van der Waals surface area contributed by atoms with Crippen LogP contribution in [0.25, 0.3) is 0 Å².